The van der Waals surface area contributed by atoms with Crippen LogP contribution >= 0.6 is 11.3 Å². The van der Waals surface area contributed by atoms with Crippen molar-refractivity contribution in [2.75, 3.05) is 0 Å². The van der Waals surface area contributed by atoms with Crippen molar-refractivity contribution in [2.24, 2.45) is 4.99 Å². The molecule has 1 aliphatic rings. The standard InChI is InChI=1S/C21H22N2OS/c1-3-23-18-11-8-14(2)12-19(18)25-21(23)22-20(24)17-10-9-15-6-4-5-7-16(15)13-17/h8-13H,3-7H2,1-2H3. The Morgan fingerprint density at radius 1 is 1.12 bits per heavy atom. The normalized spacial score (nSPS) is 14.7. The minimum Gasteiger partial charge on any atom is -0.317 e. The van der Waals surface area contributed by atoms with Crippen molar-refractivity contribution in [1.29, 1.82) is 0 Å². The number of carbonyl (C=O) groups is 1. The van der Waals surface area contributed by atoms with Crippen LogP contribution in [0.2, 0.25) is 0 Å². The Morgan fingerprint density at radius 2 is 1.92 bits per heavy atom. The average molecular weight is 350 g/mol. The summed E-state index contributed by atoms with van der Waals surface area (Å²) < 4.78 is 3.30. The van der Waals surface area contributed by atoms with E-state index in [1.807, 2.05) is 12.1 Å². The van der Waals surface area contributed by atoms with E-state index in [0.29, 0.717) is 5.56 Å². The van der Waals surface area contributed by atoms with Crippen LogP contribution in [0.1, 0.15) is 46.8 Å². The van der Waals surface area contributed by atoms with E-state index >= 15 is 0 Å². The highest BCUT2D eigenvalue weighted by Crippen LogP contribution is 2.23. The second-order valence-electron chi connectivity index (χ2n) is 6.71. The maximum atomic E-state index is 12.7. The molecule has 25 heavy (non-hydrogen) atoms. The molecule has 1 aliphatic carbocycles. The predicted octanol–water partition coefficient (Wildman–Crippen LogP) is 4.65. The van der Waals surface area contributed by atoms with E-state index in [1.165, 1.54) is 34.2 Å². The Labute approximate surface area is 151 Å². The number of thiazole rings is 1. The van der Waals surface area contributed by atoms with Gasteiger partial charge >= 0.3 is 0 Å². The molecular weight excluding hydrogens is 328 g/mol. The molecule has 4 rings (SSSR count). The molecule has 0 atom stereocenters. The maximum absolute atomic E-state index is 12.7. The third kappa shape index (κ3) is 3.07. The zero-order valence-corrected chi connectivity index (χ0v) is 15.5. The van der Waals surface area contributed by atoms with E-state index in [9.17, 15) is 4.79 Å². The molecule has 0 aliphatic heterocycles. The van der Waals surface area contributed by atoms with E-state index < -0.39 is 0 Å². The van der Waals surface area contributed by atoms with Gasteiger partial charge in [-0.15, -0.1) is 0 Å². The van der Waals surface area contributed by atoms with Gasteiger partial charge in [-0.1, -0.05) is 23.5 Å². The molecule has 1 amide bonds. The molecule has 0 radical (unpaired) electrons. The topological polar surface area (TPSA) is 34.4 Å². The molecule has 2 aromatic carbocycles. The molecule has 0 unspecified atom stereocenters. The highest BCUT2D eigenvalue weighted by Gasteiger charge is 2.13. The number of benzene rings is 2. The number of hydrogen-bond donors (Lipinski definition) is 0. The smallest absolute Gasteiger partial charge is 0.279 e. The highest BCUT2D eigenvalue weighted by molar-refractivity contribution is 7.16. The number of aryl methyl sites for hydroxylation is 4. The molecule has 0 bridgehead atoms. The third-order valence-electron chi connectivity index (χ3n) is 4.95. The lowest BCUT2D eigenvalue weighted by Gasteiger charge is -2.15. The van der Waals surface area contributed by atoms with Gasteiger partial charge in [-0.2, -0.15) is 4.99 Å². The average Bonchev–Trinajstić information content (AvgIpc) is 2.97. The highest BCUT2D eigenvalue weighted by atomic mass is 32.1. The van der Waals surface area contributed by atoms with Gasteiger partial charge in [-0.3, -0.25) is 4.79 Å². The summed E-state index contributed by atoms with van der Waals surface area (Å²) in [5, 5.41) is 0. The van der Waals surface area contributed by atoms with Crippen LogP contribution in [0.25, 0.3) is 10.2 Å². The van der Waals surface area contributed by atoms with Crippen molar-refractivity contribution in [3.05, 3.63) is 63.5 Å². The van der Waals surface area contributed by atoms with E-state index in [1.54, 1.807) is 11.3 Å². The van der Waals surface area contributed by atoms with Crippen molar-refractivity contribution in [3.63, 3.8) is 0 Å². The van der Waals surface area contributed by atoms with Crippen LogP contribution in [0.15, 0.2) is 41.4 Å². The van der Waals surface area contributed by atoms with Gasteiger partial charge in [0.05, 0.1) is 10.2 Å². The lowest BCUT2D eigenvalue weighted by atomic mass is 9.90. The molecule has 0 N–H and O–H groups in total. The number of aromatic nitrogens is 1. The third-order valence-corrected chi connectivity index (χ3v) is 5.99. The summed E-state index contributed by atoms with van der Waals surface area (Å²) in [4.78, 5) is 18.0. The first-order valence-electron chi connectivity index (χ1n) is 8.96. The van der Waals surface area contributed by atoms with E-state index in [4.69, 9.17) is 0 Å². The van der Waals surface area contributed by atoms with Gasteiger partial charge in [0.2, 0.25) is 0 Å². The van der Waals surface area contributed by atoms with E-state index in [2.05, 4.69) is 47.7 Å². The summed E-state index contributed by atoms with van der Waals surface area (Å²) in [7, 11) is 0. The Morgan fingerprint density at radius 3 is 2.72 bits per heavy atom. The van der Waals surface area contributed by atoms with Gasteiger partial charge in [0.1, 0.15) is 0 Å². The Kier molecular flexibility index (Phi) is 4.30. The summed E-state index contributed by atoms with van der Waals surface area (Å²) in [6, 6.07) is 12.5. The van der Waals surface area contributed by atoms with E-state index in [0.717, 1.165) is 29.7 Å². The molecule has 1 aromatic heterocycles. The monoisotopic (exact) mass is 350 g/mol. The van der Waals surface area contributed by atoms with Crippen molar-refractivity contribution < 1.29 is 4.79 Å². The molecule has 0 fully saturated rings. The van der Waals surface area contributed by atoms with Crippen molar-refractivity contribution in [2.45, 2.75) is 46.1 Å². The molecule has 3 nitrogen and oxygen atoms in total. The molecule has 0 saturated carbocycles. The van der Waals surface area contributed by atoms with Gasteiger partial charge in [0.15, 0.2) is 4.80 Å². The zero-order valence-electron chi connectivity index (χ0n) is 14.7. The quantitative estimate of drug-likeness (QED) is 0.662. The first kappa shape index (κ1) is 16.3. The minimum atomic E-state index is -0.140. The predicted molar refractivity (Wildman–Crippen MR) is 103 cm³/mol. The van der Waals surface area contributed by atoms with Crippen LogP contribution in [0, 0.1) is 6.92 Å². The van der Waals surface area contributed by atoms with Crippen LogP contribution in [-0.4, -0.2) is 10.5 Å². The van der Waals surface area contributed by atoms with Gasteiger partial charge in [0.25, 0.3) is 5.91 Å². The number of amides is 1. The molecule has 4 heteroatoms. The summed E-state index contributed by atoms with van der Waals surface area (Å²) in [5.41, 5.74) is 5.79. The maximum Gasteiger partial charge on any atom is 0.279 e. The summed E-state index contributed by atoms with van der Waals surface area (Å²) in [6.45, 7) is 4.98. The fraction of sp³-hybridized carbons (Fsp3) is 0.333. The van der Waals surface area contributed by atoms with Gasteiger partial charge < -0.3 is 4.57 Å². The van der Waals surface area contributed by atoms with Gasteiger partial charge in [0, 0.05) is 12.1 Å². The first-order valence-corrected chi connectivity index (χ1v) is 9.78. The largest absolute Gasteiger partial charge is 0.317 e. The number of rotatable bonds is 2. The van der Waals surface area contributed by atoms with Crippen LogP contribution in [-0.2, 0) is 19.4 Å². The summed E-state index contributed by atoms with van der Waals surface area (Å²) in [5.74, 6) is -0.140. The van der Waals surface area contributed by atoms with Crippen LogP contribution < -0.4 is 4.80 Å². The molecular formula is C21H22N2OS. The summed E-state index contributed by atoms with van der Waals surface area (Å²) in [6.07, 6.45) is 4.68. The van der Waals surface area contributed by atoms with Crippen LogP contribution in [0.5, 0.6) is 0 Å². The first-order chi connectivity index (χ1) is 12.2. The van der Waals surface area contributed by atoms with Crippen LogP contribution in [0.3, 0.4) is 0 Å². The van der Waals surface area contributed by atoms with Crippen LogP contribution in [0.4, 0.5) is 0 Å². The molecule has 0 spiro atoms. The fourth-order valence-corrected chi connectivity index (χ4v) is 4.78. The molecule has 0 saturated heterocycles. The number of hydrogen-bond acceptors (Lipinski definition) is 2. The number of fused-ring (bicyclic) bond motifs is 2. The van der Waals surface area contributed by atoms with E-state index in [-0.39, 0.29) is 5.91 Å². The lowest BCUT2D eigenvalue weighted by Crippen LogP contribution is -2.16. The van der Waals surface area contributed by atoms with Crippen molar-refractivity contribution in [1.82, 2.24) is 4.57 Å². The van der Waals surface area contributed by atoms with Gasteiger partial charge in [-0.05, 0) is 80.5 Å². The SMILES string of the molecule is CCn1c(=NC(=O)c2ccc3c(c2)CCCC3)sc2cc(C)ccc21. The Bertz CT molecular complexity index is 1030. The second kappa shape index (κ2) is 6.60. The Hall–Kier alpha value is -2.20. The summed E-state index contributed by atoms with van der Waals surface area (Å²) >= 11 is 1.59. The second-order valence-corrected chi connectivity index (χ2v) is 7.72. The van der Waals surface area contributed by atoms with Crippen molar-refractivity contribution >= 4 is 27.5 Å². The Balaban J connectivity index is 1.77. The molecule has 3 aromatic rings. The molecule has 128 valence electrons. The zero-order chi connectivity index (χ0) is 17.4. The van der Waals surface area contributed by atoms with Gasteiger partial charge in [-0.25, -0.2) is 0 Å². The number of carbonyl (C=O) groups excluding carboxylic acids is 1. The number of nitrogens with zero attached hydrogens (tertiary/aromatic N) is 2. The lowest BCUT2D eigenvalue weighted by molar-refractivity contribution is 0.0997. The fourth-order valence-electron chi connectivity index (χ4n) is 3.59. The van der Waals surface area contributed by atoms with Crippen molar-refractivity contribution in [3.8, 4) is 0 Å². The minimum absolute atomic E-state index is 0.140. The molecule has 1 heterocycles.